The Labute approximate surface area is 181 Å². The van der Waals surface area contributed by atoms with Crippen LogP contribution in [0.3, 0.4) is 0 Å². The van der Waals surface area contributed by atoms with Gasteiger partial charge in [0.05, 0.1) is 11.4 Å². The fourth-order valence-corrected chi connectivity index (χ4v) is 4.79. The number of benzene rings is 2. The Bertz CT molecular complexity index is 1010. The van der Waals surface area contributed by atoms with E-state index in [1.165, 1.54) is 12.1 Å². The van der Waals surface area contributed by atoms with Gasteiger partial charge in [-0.25, -0.2) is 8.42 Å². The highest BCUT2D eigenvalue weighted by Crippen LogP contribution is 2.24. The molecule has 2 amide bonds. The minimum atomic E-state index is -3.84. The first-order chi connectivity index (χ1) is 14.3. The lowest BCUT2D eigenvalue weighted by Gasteiger charge is -2.21. The van der Waals surface area contributed by atoms with Gasteiger partial charge in [-0.1, -0.05) is 30.7 Å². The third-order valence-corrected chi connectivity index (χ3v) is 7.12. The van der Waals surface area contributed by atoms with Crippen molar-refractivity contribution in [2.75, 3.05) is 24.5 Å². The van der Waals surface area contributed by atoms with Gasteiger partial charge in [0.2, 0.25) is 21.8 Å². The predicted octanol–water partition coefficient (Wildman–Crippen LogP) is 2.79. The molecule has 1 aliphatic rings. The summed E-state index contributed by atoms with van der Waals surface area (Å²) in [5, 5.41) is 3.33. The molecule has 9 heteroatoms. The average molecular weight is 450 g/mol. The molecule has 1 fully saturated rings. The number of nitrogens with one attached hydrogen (secondary N) is 1. The smallest absolute Gasteiger partial charge is 0.243 e. The third-order valence-electron chi connectivity index (χ3n) is 4.94. The van der Waals surface area contributed by atoms with Crippen LogP contribution in [0.25, 0.3) is 0 Å². The van der Waals surface area contributed by atoms with Crippen LogP contribution in [0.15, 0.2) is 53.4 Å². The van der Waals surface area contributed by atoms with Gasteiger partial charge in [-0.3, -0.25) is 9.59 Å². The van der Waals surface area contributed by atoms with Crippen LogP contribution < -0.4 is 10.2 Å². The summed E-state index contributed by atoms with van der Waals surface area (Å²) >= 11 is 5.84. The van der Waals surface area contributed by atoms with Gasteiger partial charge in [0.15, 0.2) is 0 Å². The molecule has 0 spiro atoms. The molecule has 160 valence electrons. The second kappa shape index (κ2) is 9.59. The lowest BCUT2D eigenvalue weighted by atomic mass is 10.2. The van der Waals surface area contributed by atoms with E-state index >= 15 is 0 Å². The maximum atomic E-state index is 13.0. The molecule has 1 saturated heterocycles. The predicted molar refractivity (Wildman–Crippen MR) is 116 cm³/mol. The average Bonchev–Trinajstić information content (AvgIpc) is 3.17. The summed E-state index contributed by atoms with van der Waals surface area (Å²) in [4.78, 5) is 25.9. The van der Waals surface area contributed by atoms with Gasteiger partial charge in [0.1, 0.15) is 0 Å². The van der Waals surface area contributed by atoms with E-state index in [2.05, 4.69) is 5.32 Å². The van der Waals surface area contributed by atoms with Crippen molar-refractivity contribution in [3.05, 3.63) is 59.1 Å². The Morgan fingerprint density at radius 1 is 1.13 bits per heavy atom. The number of anilines is 1. The Morgan fingerprint density at radius 2 is 1.80 bits per heavy atom. The number of rotatable bonds is 8. The zero-order valence-corrected chi connectivity index (χ0v) is 18.2. The number of halogens is 1. The van der Waals surface area contributed by atoms with E-state index in [9.17, 15) is 18.0 Å². The van der Waals surface area contributed by atoms with Crippen LogP contribution in [-0.4, -0.2) is 44.2 Å². The van der Waals surface area contributed by atoms with Crippen LogP contribution in [0, 0.1) is 0 Å². The zero-order valence-electron chi connectivity index (χ0n) is 16.7. The SMILES string of the molecule is CCN(CC(=O)NCc1ccc(Cl)cc1)S(=O)(=O)c1ccc(N2CCCC2=O)cc1. The largest absolute Gasteiger partial charge is 0.351 e. The van der Waals surface area contributed by atoms with Gasteiger partial charge in [0, 0.05) is 36.8 Å². The van der Waals surface area contributed by atoms with Gasteiger partial charge in [0.25, 0.3) is 0 Å². The Balaban J connectivity index is 1.64. The molecule has 0 radical (unpaired) electrons. The van der Waals surface area contributed by atoms with Crippen LogP contribution >= 0.6 is 11.6 Å². The molecule has 0 unspecified atom stereocenters. The lowest BCUT2D eigenvalue weighted by molar-refractivity contribution is -0.121. The van der Waals surface area contributed by atoms with E-state index in [1.54, 1.807) is 48.2 Å². The highest BCUT2D eigenvalue weighted by atomic mass is 35.5. The molecule has 0 aliphatic carbocycles. The van der Waals surface area contributed by atoms with E-state index in [0.717, 1.165) is 16.3 Å². The minimum absolute atomic E-state index is 0.0400. The van der Waals surface area contributed by atoms with Gasteiger partial charge < -0.3 is 10.2 Å². The van der Waals surface area contributed by atoms with Crippen molar-refractivity contribution in [3.63, 3.8) is 0 Å². The molecule has 1 N–H and O–H groups in total. The fourth-order valence-electron chi connectivity index (χ4n) is 3.25. The van der Waals surface area contributed by atoms with E-state index in [1.807, 2.05) is 0 Å². The summed E-state index contributed by atoms with van der Waals surface area (Å²) in [5.74, 6) is -0.354. The van der Waals surface area contributed by atoms with Crippen molar-refractivity contribution in [3.8, 4) is 0 Å². The molecular weight excluding hydrogens is 426 g/mol. The number of carbonyl (C=O) groups is 2. The molecule has 1 heterocycles. The minimum Gasteiger partial charge on any atom is -0.351 e. The number of sulfonamides is 1. The first-order valence-corrected chi connectivity index (χ1v) is 11.5. The summed E-state index contributed by atoms with van der Waals surface area (Å²) in [6.45, 7) is 2.48. The van der Waals surface area contributed by atoms with E-state index in [4.69, 9.17) is 11.6 Å². The van der Waals surface area contributed by atoms with Crippen molar-refractivity contribution >= 4 is 39.1 Å². The molecule has 0 saturated carbocycles. The monoisotopic (exact) mass is 449 g/mol. The number of hydrogen-bond acceptors (Lipinski definition) is 4. The molecule has 0 atom stereocenters. The fraction of sp³-hybridized carbons (Fsp3) is 0.333. The van der Waals surface area contributed by atoms with E-state index in [-0.39, 0.29) is 30.4 Å². The molecule has 30 heavy (non-hydrogen) atoms. The number of nitrogens with zero attached hydrogens (tertiary/aromatic N) is 2. The zero-order chi connectivity index (χ0) is 21.7. The summed E-state index contributed by atoms with van der Waals surface area (Å²) in [5.41, 5.74) is 1.55. The molecule has 1 aliphatic heterocycles. The van der Waals surface area contributed by atoms with E-state index in [0.29, 0.717) is 23.7 Å². The van der Waals surface area contributed by atoms with Crippen molar-refractivity contribution < 1.29 is 18.0 Å². The normalized spacial score (nSPS) is 14.4. The first kappa shape index (κ1) is 22.3. The second-order valence-corrected chi connectivity index (χ2v) is 9.35. The number of amides is 2. The van der Waals surface area contributed by atoms with Crippen molar-refractivity contribution in [2.24, 2.45) is 0 Å². The molecule has 0 aromatic heterocycles. The molecule has 2 aromatic rings. The Kier molecular flexibility index (Phi) is 7.12. The molecular formula is C21H24ClN3O4S. The van der Waals surface area contributed by atoms with Crippen LogP contribution in [-0.2, 0) is 26.2 Å². The first-order valence-electron chi connectivity index (χ1n) is 9.73. The highest BCUT2D eigenvalue weighted by molar-refractivity contribution is 7.89. The Hall–Kier alpha value is -2.42. The number of hydrogen-bond donors (Lipinski definition) is 1. The second-order valence-electron chi connectivity index (χ2n) is 6.98. The topological polar surface area (TPSA) is 86.8 Å². The molecule has 7 nitrogen and oxygen atoms in total. The maximum Gasteiger partial charge on any atom is 0.243 e. The van der Waals surface area contributed by atoms with Gasteiger partial charge >= 0.3 is 0 Å². The molecule has 0 bridgehead atoms. The highest BCUT2D eigenvalue weighted by Gasteiger charge is 2.26. The summed E-state index contributed by atoms with van der Waals surface area (Å²) < 4.78 is 27.0. The lowest BCUT2D eigenvalue weighted by Crippen LogP contribution is -2.40. The van der Waals surface area contributed by atoms with Crippen molar-refractivity contribution in [1.82, 2.24) is 9.62 Å². The van der Waals surface area contributed by atoms with Gasteiger partial charge in [-0.15, -0.1) is 0 Å². The van der Waals surface area contributed by atoms with Crippen LogP contribution in [0.5, 0.6) is 0 Å². The summed E-state index contributed by atoms with van der Waals surface area (Å²) in [6, 6.07) is 13.3. The van der Waals surface area contributed by atoms with Gasteiger partial charge in [-0.05, 0) is 48.4 Å². The van der Waals surface area contributed by atoms with Crippen LogP contribution in [0.1, 0.15) is 25.3 Å². The quantitative estimate of drug-likeness (QED) is 0.671. The summed E-state index contributed by atoms with van der Waals surface area (Å²) in [7, 11) is -3.84. The molecule has 2 aromatic carbocycles. The van der Waals surface area contributed by atoms with Crippen molar-refractivity contribution in [1.29, 1.82) is 0 Å². The van der Waals surface area contributed by atoms with E-state index < -0.39 is 15.9 Å². The number of likely N-dealkylation sites (N-methyl/N-ethyl adjacent to an activating group) is 1. The summed E-state index contributed by atoms with van der Waals surface area (Å²) in [6.07, 6.45) is 1.31. The standard InChI is InChI=1S/C21H24ClN3O4S/c1-2-24(15-20(26)23-14-16-5-7-17(22)8-6-16)30(28,29)19-11-9-18(10-12-19)25-13-3-4-21(25)27/h5-12H,2-4,13-15H2,1H3,(H,23,26). The van der Waals surface area contributed by atoms with Crippen LogP contribution in [0.2, 0.25) is 5.02 Å². The van der Waals surface area contributed by atoms with Gasteiger partial charge in [-0.2, -0.15) is 4.31 Å². The Morgan fingerprint density at radius 3 is 2.37 bits per heavy atom. The maximum absolute atomic E-state index is 13.0. The number of carbonyl (C=O) groups excluding carboxylic acids is 2. The molecule has 3 rings (SSSR count). The van der Waals surface area contributed by atoms with Crippen molar-refractivity contribution in [2.45, 2.75) is 31.2 Å². The third kappa shape index (κ3) is 5.19. The van der Waals surface area contributed by atoms with Crippen LogP contribution in [0.4, 0.5) is 5.69 Å².